The van der Waals surface area contributed by atoms with Crippen LogP contribution in [0.1, 0.15) is 41.1 Å². The molecule has 0 radical (unpaired) electrons. The lowest BCUT2D eigenvalue weighted by Crippen LogP contribution is -2.36. The van der Waals surface area contributed by atoms with E-state index in [1.807, 2.05) is 44.2 Å². The molecule has 0 aliphatic carbocycles. The van der Waals surface area contributed by atoms with Crippen LogP contribution in [-0.4, -0.2) is 28.3 Å². The van der Waals surface area contributed by atoms with E-state index < -0.39 is 23.6 Å². The third kappa shape index (κ3) is 5.48. The Morgan fingerprint density at radius 2 is 1.82 bits per heavy atom. The van der Waals surface area contributed by atoms with Gasteiger partial charge in [0.15, 0.2) is 5.69 Å². The highest BCUT2D eigenvalue weighted by atomic mass is 32.1. The Labute approximate surface area is 202 Å². The minimum atomic E-state index is -0.715. The molecule has 34 heavy (non-hydrogen) atoms. The summed E-state index contributed by atoms with van der Waals surface area (Å²) in [5, 5.41) is 15.3. The van der Waals surface area contributed by atoms with Gasteiger partial charge in [-0.15, -0.1) is 11.3 Å². The second kappa shape index (κ2) is 10.6. The molecular weight excluding hydrogens is 454 g/mol. The Bertz CT molecular complexity index is 1260. The van der Waals surface area contributed by atoms with Crippen molar-refractivity contribution in [2.24, 2.45) is 7.05 Å². The van der Waals surface area contributed by atoms with Gasteiger partial charge in [-0.3, -0.25) is 9.59 Å². The van der Waals surface area contributed by atoms with E-state index in [2.05, 4.69) is 10.6 Å². The maximum absolute atomic E-state index is 12.8. The monoisotopic (exact) mass is 483 g/mol. The van der Waals surface area contributed by atoms with Crippen LogP contribution in [0.5, 0.6) is 5.75 Å². The van der Waals surface area contributed by atoms with Crippen LogP contribution in [0.4, 0.5) is 10.5 Å². The van der Waals surface area contributed by atoms with Crippen molar-refractivity contribution >= 4 is 29.0 Å². The Balaban J connectivity index is 1.89. The average Bonchev–Trinajstić information content (AvgIpc) is 3.24. The van der Waals surface area contributed by atoms with Crippen molar-refractivity contribution in [1.82, 2.24) is 9.88 Å². The van der Waals surface area contributed by atoms with Gasteiger partial charge in [-0.1, -0.05) is 18.2 Å². The van der Waals surface area contributed by atoms with Crippen LogP contribution in [0.25, 0.3) is 10.4 Å². The molecule has 0 aliphatic rings. The zero-order chi connectivity index (χ0) is 25.0. The fraction of sp³-hybridized carbons (Fsp3) is 0.320. The highest BCUT2D eigenvalue weighted by molar-refractivity contribution is 7.15. The summed E-state index contributed by atoms with van der Waals surface area (Å²) >= 11 is 1.48. The maximum Gasteiger partial charge on any atom is 0.320 e. The minimum absolute atomic E-state index is 0.0775. The highest BCUT2D eigenvalue weighted by Crippen LogP contribution is 2.36. The van der Waals surface area contributed by atoms with Crippen molar-refractivity contribution < 1.29 is 19.4 Å². The number of pyridine rings is 1. The number of anilines is 1. The van der Waals surface area contributed by atoms with Crippen LogP contribution in [-0.2, 0) is 16.6 Å². The van der Waals surface area contributed by atoms with Gasteiger partial charge >= 0.3 is 12.0 Å². The second-order valence-corrected chi connectivity index (χ2v) is 9.15. The Kier molecular flexibility index (Phi) is 7.78. The molecule has 2 aromatic heterocycles. The molecular formula is C25H29N3O5S. The Morgan fingerprint density at radius 1 is 1.15 bits per heavy atom. The third-order valence-corrected chi connectivity index (χ3v) is 6.78. The molecule has 3 rings (SSSR count). The average molecular weight is 484 g/mol. The molecule has 0 spiro atoms. The third-order valence-electron chi connectivity index (χ3n) is 5.57. The zero-order valence-electron chi connectivity index (χ0n) is 19.9. The first kappa shape index (κ1) is 25.0. The van der Waals surface area contributed by atoms with Gasteiger partial charge in [0, 0.05) is 28.6 Å². The van der Waals surface area contributed by atoms with Gasteiger partial charge in [0.25, 0.3) is 5.56 Å². The molecule has 1 atom stereocenters. The topological polar surface area (TPSA) is 110 Å². The number of ether oxygens (including phenoxy) is 1. The van der Waals surface area contributed by atoms with Crippen LogP contribution >= 0.6 is 11.3 Å². The lowest BCUT2D eigenvalue weighted by atomic mass is 10.0. The van der Waals surface area contributed by atoms with Crippen molar-refractivity contribution in [3.63, 3.8) is 0 Å². The van der Waals surface area contributed by atoms with E-state index in [0.29, 0.717) is 5.69 Å². The number of rotatable bonds is 7. The van der Waals surface area contributed by atoms with E-state index in [9.17, 15) is 19.5 Å². The summed E-state index contributed by atoms with van der Waals surface area (Å²) in [7, 11) is 1.55. The number of hydrogen-bond acceptors (Lipinski definition) is 6. The van der Waals surface area contributed by atoms with E-state index >= 15 is 0 Å². The van der Waals surface area contributed by atoms with Gasteiger partial charge in [0.05, 0.1) is 19.1 Å². The molecule has 2 amide bonds. The molecule has 0 fully saturated rings. The number of benzene rings is 1. The Hall–Kier alpha value is -3.59. The molecule has 8 nitrogen and oxygen atoms in total. The quantitative estimate of drug-likeness (QED) is 0.427. The van der Waals surface area contributed by atoms with Crippen LogP contribution < -0.4 is 16.2 Å². The zero-order valence-corrected chi connectivity index (χ0v) is 20.7. The number of nitrogens with one attached hydrogen (secondary N) is 2. The van der Waals surface area contributed by atoms with Crippen molar-refractivity contribution in [2.45, 2.75) is 40.2 Å². The summed E-state index contributed by atoms with van der Waals surface area (Å²) in [5.74, 6) is -0.782. The lowest BCUT2D eigenvalue weighted by molar-refractivity contribution is -0.143. The molecule has 2 heterocycles. The number of thiophene rings is 1. The number of amides is 2. The number of esters is 1. The number of nitrogens with zero attached hydrogens (tertiary/aromatic N) is 1. The first-order valence-corrected chi connectivity index (χ1v) is 11.7. The summed E-state index contributed by atoms with van der Waals surface area (Å²) in [4.78, 5) is 39.3. The van der Waals surface area contributed by atoms with E-state index in [-0.39, 0.29) is 24.5 Å². The molecule has 9 heteroatoms. The van der Waals surface area contributed by atoms with Crippen LogP contribution in [0.3, 0.4) is 0 Å². The van der Waals surface area contributed by atoms with Crippen LogP contribution in [0.15, 0.2) is 41.2 Å². The molecule has 0 unspecified atom stereocenters. The van der Waals surface area contributed by atoms with Gasteiger partial charge in [-0.05, 0) is 56.5 Å². The number of carbonyl (C=O) groups is 2. The molecule has 3 N–H and O–H groups in total. The lowest BCUT2D eigenvalue weighted by Gasteiger charge is -2.18. The summed E-state index contributed by atoms with van der Waals surface area (Å²) in [6.45, 7) is 7.69. The van der Waals surface area contributed by atoms with Gasteiger partial charge in [0.1, 0.15) is 5.75 Å². The van der Waals surface area contributed by atoms with Crippen molar-refractivity contribution in [3.05, 3.63) is 68.4 Å². The molecule has 0 aliphatic heterocycles. The number of hydrogen-bond donors (Lipinski definition) is 3. The molecule has 0 saturated heterocycles. The predicted octanol–water partition coefficient (Wildman–Crippen LogP) is 4.56. The minimum Gasteiger partial charge on any atom is -0.505 e. The summed E-state index contributed by atoms with van der Waals surface area (Å²) in [5.41, 5.74) is 3.15. The van der Waals surface area contributed by atoms with E-state index in [4.69, 9.17) is 4.74 Å². The number of aromatic nitrogens is 1. The SMILES string of the molecule is CCOC(=O)C[C@H](NC(=O)Nc1c(O)cc(C)n(C)c1=O)c1ccc(-c2c(C)cccc2C)s1. The molecule has 0 bridgehead atoms. The maximum atomic E-state index is 12.8. The van der Waals surface area contributed by atoms with Gasteiger partial charge in [-0.2, -0.15) is 0 Å². The smallest absolute Gasteiger partial charge is 0.320 e. The molecule has 1 aromatic carbocycles. The fourth-order valence-corrected chi connectivity index (χ4v) is 4.95. The van der Waals surface area contributed by atoms with Crippen LogP contribution in [0.2, 0.25) is 0 Å². The largest absolute Gasteiger partial charge is 0.505 e. The van der Waals surface area contributed by atoms with Gasteiger partial charge in [0.2, 0.25) is 0 Å². The van der Waals surface area contributed by atoms with Crippen molar-refractivity contribution in [2.75, 3.05) is 11.9 Å². The number of aryl methyl sites for hydroxylation is 3. The number of aromatic hydroxyl groups is 1. The first-order chi connectivity index (χ1) is 16.1. The van der Waals surface area contributed by atoms with Crippen molar-refractivity contribution in [3.8, 4) is 16.2 Å². The first-order valence-electron chi connectivity index (χ1n) is 10.9. The van der Waals surface area contributed by atoms with E-state index in [1.165, 1.54) is 22.0 Å². The molecule has 180 valence electrons. The highest BCUT2D eigenvalue weighted by Gasteiger charge is 2.23. The summed E-state index contributed by atoms with van der Waals surface area (Å²) in [6.07, 6.45) is -0.0775. The standard InChI is InChI=1S/C25H29N3O5S/c1-6-33-21(30)13-17(19-10-11-20(34-19)22-14(2)8-7-9-15(22)3)26-25(32)27-23-18(29)12-16(4)28(5)24(23)31/h7-12,17,29H,6,13H2,1-5H3,(H2,26,27,32)/t17-/m0/s1. The molecule has 3 aromatic rings. The normalized spacial score (nSPS) is 11.7. The predicted molar refractivity (Wildman–Crippen MR) is 133 cm³/mol. The van der Waals surface area contributed by atoms with Gasteiger partial charge < -0.3 is 25.0 Å². The number of urea groups is 1. The van der Waals surface area contributed by atoms with E-state index in [1.54, 1.807) is 20.9 Å². The van der Waals surface area contributed by atoms with E-state index in [0.717, 1.165) is 26.4 Å². The second-order valence-electron chi connectivity index (χ2n) is 8.04. The van der Waals surface area contributed by atoms with Crippen LogP contribution in [0, 0.1) is 20.8 Å². The molecule has 0 saturated carbocycles. The summed E-state index contributed by atoms with van der Waals surface area (Å²) in [6, 6.07) is 9.92. The number of carbonyl (C=O) groups excluding carboxylic acids is 2. The van der Waals surface area contributed by atoms with Gasteiger partial charge in [-0.25, -0.2) is 4.79 Å². The summed E-state index contributed by atoms with van der Waals surface area (Å²) < 4.78 is 6.41. The fourth-order valence-electron chi connectivity index (χ4n) is 3.72. The Morgan fingerprint density at radius 3 is 2.47 bits per heavy atom. The van der Waals surface area contributed by atoms with Crippen molar-refractivity contribution in [1.29, 1.82) is 0 Å².